The van der Waals surface area contributed by atoms with Gasteiger partial charge in [0.1, 0.15) is 17.7 Å². The van der Waals surface area contributed by atoms with Crippen molar-refractivity contribution < 1.29 is 18.6 Å². The fourth-order valence-electron chi connectivity index (χ4n) is 1.90. The van der Waals surface area contributed by atoms with Crippen LogP contribution in [0.4, 0.5) is 8.78 Å². The third kappa shape index (κ3) is 2.97. The topological polar surface area (TPSA) is 29.5 Å². The molecule has 2 nitrogen and oxygen atoms in total. The molecular formula is C15H14F2O2. The van der Waals surface area contributed by atoms with Crippen LogP contribution in [0.25, 0.3) is 0 Å². The van der Waals surface area contributed by atoms with Crippen LogP contribution in [0.3, 0.4) is 0 Å². The highest BCUT2D eigenvalue weighted by atomic mass is 19.1. The van der Waals surface area contributed by atoms with Gasteiger partial charge in [-0.05, 0) is 23.3 Å². The van der Waals surface area contributed by atoms with Gasteiger partial charge in [0, 0.05) is 7.11 Å². The number of benzene rings is 2. The quantitative estimate of drug-likeness (QED) is 0.919. The van der Waals surface area contributed by atoms with Crippen LogP contribution in [-0.4, -0.2) is 12.2 Å². The predicted octanol–water partition coefficient (Wildman–Crippen LogP) is 3.19. The van der Waals surface area contributed by atoms with Gasteiger partial charge in [-0.25, -0.2) is 8.78 Å². The van der Waals surface area contributed by atoms with Crippen LogP contribution in [0.1, 0.15) is 22.8 Å². The lowest BCUT2D eigenvalue weighted by molar-refractivity contribution is 0.184. The standard InChI is InChI=1S/C15H14F2O2/c1-19-9-10-5-7-11(8-6-10)15(18)14-12(16)3-2-4-13(14)17/h2-8,15,18H,9H2,1H3. The molecule has 0 bridgehead atoms. The van der Waals surface area contributed by atoms with Crippen molar-refractivity contribution in [3.05, 3.63) is 70.8 Å². The first kappa shape index (κ1) is 13.6. The van der Waals surface area contributed by atoms with E-state index in [9.17, 15) is 13.9 Å². The van der Waals surface area contributed by atoms with Crippen LogP contribution in [0.2, 0.25) is 0 Å². The van der Waals surface area contributed by atoms with Crippen molar-refractivity contribution in [2.24, 2.45) is 0 Å². The van der Waals surface area contributed by atoms with E-state index in [2.05, 4.69) is 0 Å². The van der Waals surface area contributed by atoms with Gasteiger partial charge in [-0.1, -0.05) is 30.3 Å². The van der Waals surface area contributed by atoms with Gasteiger partial charge in [0.25, 0.3) is 0 Å². The van der Waals surface area contributed by atoms with Crippen molar-refractivity contribution in [3.63, 3.8) is 0 Å². The minimum atomic E-state index is -1.32. The Morgan fingerprint density at radius 2 is 1.63 bits per heavy atom. The Balaban J connectivity index is 2.31. The summed E-state index contributed by atoms with van der Waals surface area (Å²) in [4.78, 5) is 0. The first-order valence-electron chi connectivity index (χ1n) is 5.83. The Morgan fingerprint density at radius 3 is 2.16 bits per heavy atom. The average Bonchev–Trinajstić information content (AvgIpc) is 2.39. The van der Waals surface area contributed by atoms with Gasteiger partial charge in [-0.15, -0.1) is 0 Å². The number of aliphatic hydroxyl groups is 1. The number of halogens is 2. The summed E-state index contributed by atoms with van der Waals surface area (Å²) in [5.74, 6) is -1.51. The summed E-state index contributed by atoms with van der Waals surface area (Å²) in [5.41, 5.74) is 1.03. The summed E-state index contributed by atoms with van der Waals surface area (Å²) in [6, 6.07) is 10.3. The summed E-state index contributed by atoms with van der Waals surface area (Å²) in [7, 11) is 1.58. The minimum absolute atomic E-state index is 0.331. The van der Waals surface area contributed by atoms with Gasteiger partial charge in [0.2, 0.25) is 0 Å². The molecule has 0 spiro atoms. The number of hydrogen-bond acceptors (Lipinski definition) is 2. The highest BCUT2D eigenvalue weighted by molar-refractivity contribution is 5.33. The summed E-state index contributed by atoms with van der Waals surface area (Å²) in [6.45, 7) is 0.449. The first-order chi connectivity index (χ1) is 9.13. The van der Waals surface area contributed by atoms with Gasteiger partial charge in [0.05, 0.1) is 12.2 Å². The largest absolute Gasteiger partial charge is 0.383 e. The molecular weight excluding hydrogens is 250 g/mol. The summed E-state index contributed by atoms with van der Waals surface area (Å²) >= 11 is 0. The molecule has 100 valence electrons. The number of ether oxygens (including phenoxy) is 1. The lowest BCUT2D eigenvalue weighted by Gasteiger charge is -2.13. The maximum absolute atomic E-state index is 13.6. The molecule has 1 unspecified atom stereocenters. The second-order valence-corrected chi connectivity index (χ2v) is 4.21. The molecule has 0 radical (unpaired) electrons. The van der Waals surface area contributed by atoms with Gasteiger partial charge < -0.3 is 9.84 Å². The number of aliphatic hydroxyl groups excluding tert-OH is 1. The molecule has 19 heavy (non-hydrogen) atoms. The van der Waals surface area contributed by atoms with Crippen molar-refractivity contribution in [1.29, 1.82) is 0 Å². The fourth-order valence-corrected chi connectivity index (χ4v) is 1.90. The zero-order chi connectivity index (χ0) is 13.8. The minimum Gasteiger partial charge on any atom is -0.383 e. The predicted molar refractivity (Wildman–Crippen MR) is 67.6 cm³/mol. The smallest absolute Gasteiger partial charge is 0.132 e. The van der Waals surface area contributed by atoms with Gasteiger partial charge in [-0.2, -0.15) is 0 Å². The van der Waals surface area contributed by atoms with E-state index in [4.69, 9.17) is 4.74 Å². The Hall–Kier alpha value is -1.78. The monoisotopic (exact) mass is 264 g/mol. The van der Waals surface area contributed by atoms with E-state index < -0.39 is 17.7 Å². The molecule has 0 fully saturated rings. The second kappa shape index (κ2) is 5.91. The number of methoxy groups -OCH3 is 1. The van der Waals surface area contributed by atoms with Gasteiger partial charge in [0.15, 0.2) is 0 Å². The molecule has 1 N–H and O–H groups in total. The van der Waals surface area contributed by atoms with E-state index in [1.165, 1.54) is 6.07 Å². The lowest BCUT2D eigenvalue weighted by atomic mass is 9.99. The van der Waals surface area contributed by atoms with Crippen LogP contribution in [0, 0.1) is 11.6 Å². The van der Waals surface area contributed by atoms with Crippen LogP contribution in [0.15, 0.2) is 42.5 Å². The molecule has 0 heterocycles. The molecule has 0 amide bonds. The molecule has 4 heteroatoms. The molecule has 0 saturated carbocycles. The van der Waals surface area contributed by atoms with Gasteiger partial charge in [-0.3, -0.25) is 0 Å². The van der Waals surface area contributed by atoms with Crippen LogP contribution >= 0.6 is 0 Å². The van der Waals surface area contributed by atoms with Crippen molar-refractivity contribution in [2.75, 3.05) is 7.11 Å². The maximum Gasteiger partial charge on any atom is 0.132 e. The van der Waals surface area contributed by atoms with E-state index in [0.29, 0.717) is 12.2 Å². The lowest BCUT2D eigenvalue weighted by Crippen LogP contribution is -2.05. The molecule has 0 saturated heterocycles. The normalized spacial score (nSPS) is 12.4. The highest BCUT2D eigenvalue weighted by Gasteiger charge is 2.19. The zero-order valence-corrected chi connectivity index (χ0v) is 10.4. The van der Waals surface area contributed by atoms with E-state index in [1.807, 2.05) is 0 Å². The molecule has 0 aliphatic carbocycles. The zero-order valence-electron chi connectivity index (χ0n) is 10.4. The molecule has 2 aromatic carbocycles. The Morgan fingerprint density at radius 1 is 1.05 bits per heavy atom. The fraction of sp³-hybridized carbons (Fsp3) is 0.200. The summed E-state index contributed by atoms with van der Waals surface area (Å²) in [6.07, 6.45) is -1.32. The van der Waals surface area contributed by atoms with Crippen LogP contribution < -0.4 is 0 Å². The highest BCUT2D eigenvalue weighted by Crippen LogP contribution is 2.26. The maximum atomic E-state index is 13.6. The molecule has 0 aliphatic rings. The third-order valence-corrected chi connectivity index (χ3v) is 2.88. The van der Waals surface area contributed by atoms with E-state index in [1.54, 1.807) is 31.4 Å². The van der Waals surface area contributed by atoms with Crippen molar-refractivity contribution in [1.82, 2.24) is 0 Å². The van der Waals surface area contributed by atoms with Crippen molar-refractivity contribution in [3.8, 4) is 0 Å². The Labute approximate surface area is 110 Å². The van der Waals surface area contributed by atoms with Crippen molar-refractivity contribution >= 4 is 0 Å². The Kier molecular flexibility index (Phi) is 4.24. The van der Waals surface area contributed by atoms with E-state index in [-0.39, 0.29) is 5.56 Å². The SMILES string of the molecule is COCc1ccc(C(O)c2c(F)cccc2F)cc1. The molecule has 0 aromatic heterocycles. The molecule has 2 aromatic rings. The van der Waals surface area contributed by atoms with E-state index in [0.717, 1.165) is 17.7 Å². The number of hydrogen-bond donors (Lipinski definition) is 1. The molecule has 2 rings (SSSR count). The molecule has 0 aliphatic heterocycles. The van der Waals surface area contributed by atoms with E-state index >= 15 is 0 Å². The van der Waals surface area contributed by atoms with Crippen molar-refractivity contribution in [2.45, 2.75) is 12.7 Å². The Bertz CT molecular complexity index is 532. The number of rotatable bonds is 4. The van der Waals surface area contributed by atoms with Crippen LogP contribution in [-0.2, 0) is 11.3 Å². The third-order valence-electron chi connectivity index (χ3n) is 2.88. The summed E-state index contributed by atoms with van der Waals surface area (Å²) < 4.78 is 32.1. The molecule has 1 atom stereocenters. The average molecular weight is 264 g/mol. The van der Waals surface area contributed by atoms with Gasteiger partial charge >= 0.3 is 0 Å². The second-order valence-electron chi connectivity index (χ2n) is 4.21. The van der Waals surface area contributed by atoms with Crippen LogP contribution in [0.5, 0.6) is 0 Å². The summed E-state index contributed by atoms with van der Waals surface area (Å²) in [5, 5.41) is 10.1. The first-order valence-corrected chi connectivity index (χ1v) is 5.83.